The molecule has 0 aromatic carbocycles. The Hall–Kier alpha value is -0.0800. The SMILES string of the molecule is CCNC1CCOC(C)(C2CCCC2)C1. The molecule has 0 spiro atoms. The summed E-state index contributed by atoms with van der Waals surface area (Å²) in [5.74, 6) is 0.818. The third kappa shape index (κ3) is 2.54. The number of rotatable bonds is 3. The summed E-state index contributed by atoms with van der Waals surface area (Å²) in [6, 6.07) is 0.689. The van der Waals surface area contributed by atoms with Crippen molar-refractivity contribution in [3.05, 3.63) is 0 Å². The lowest BCUT2D eigenvalue weighted by Crippen LogP contribution is -2.48. The fraction of sp³-hybridized carbons (Fsp3) is 1.00. The van der Waals surface area contributed by atoms with Gasteiger partial charge in [-0.15, -0.1) is 0 Å². The van der Waals surface area contributed by atoms with Gasteiger partial charge in [0.05, 0.1) is 5.60 Å². The molecule has 2 unspecified atom stereocenters. The summed E-state index contributed by atoms with van der Waals surface area (Å²) in [5, 5.41) is 3.58. The normalized spacial score (nSPS) is 38.4. The Balaban J connectivity index is 1.94. The van der Waals surface area contributed by atoms with Crippen molar-refractivity contribution in [2.24, 2.45) is 5.92 Å². The molecule has 88 valence electrons. The molecule has 1 saturated heterocycles. The average molecular weight is 211 g/mol. The summed E-state index contributed by atoms with van der Waals surface area (Å²) in [6.45, 7) is 6.57. The van der Waals surface area contributed by atoms with E-state index in [2.05, 4.69) is 19.2 Å². The molecule has 2 atom stereocenters. The summed E-state index contributed by atoms with van der Waals surface area (Å²) in [5.41, 5.74) is 0.168. The fourth-order valence-corrected chi connectivity index (χ4v) is 3.37. The highest BCUT2D eigenvalue weighted by Crippen LogP contribution is 2.41. The summed E-state index contributed by atoms with van der Waals surface area (Å²) in [4.78, 5) is 0. The van der Waals surface area contributed by atoms with Crippen LogP contribution in [0, 0.1) is 5.92 Å². The van der Waals surface area contributed by atoms with Gasteiger partial charge in [0.15, 0.2) is 0 Å². The van der Waals surface area contributed by atoms with Gasteiger partial charge in [-0.3, -0.25) is 0 Å². The van der Waals surface area contributed by atoms with Gasteiger partial charge in [-0.25, -0.2) is 0 Å². The van der Waals surface area contributed by atoms with Crippen LogP contribution in [0.2, 0.25) is 0 Å². The van der Waals surface area contributed by atoms with Crippen molar-refractivity contribution in [1.82, 2.24) is 5.32 Å². The van der Waals surface area contributed by atoms with E-state index in [1.165, 1.54) is 38.5 Å². The zero-order valence-corrected chi connectivity index (χ0v) is 10.2. The first kappa shape index (κ1) is 11.4. The molecular formula is C13H25NO. The van der Waals surface area contributed by atoms with E-state index in [4.69, 9.17) is 4.74 Å². The topological polar surface area (TPSA) is 21.3 Å². The van der Waals surface area contributed by atoms with E-state index in [1.807, 2.05) is 0 Å². The number of nitrogens with one attached hydrogen (secondary N) is 1. The van der Waals surface area contributed by atoms with Crippen molar-refractivity contribution in [3.8, 4) is 0 Å². The molecule has 1 aliphatic carbocycles. The number of hydrogen-bond acceptors (Lipinski definition) is 2. The monoisotopic (exact) mass is 211 g/mol. The number of ether oxygens (including phenoxy) is 1. The van der Waals surface area contributed by atoms with E-state index in [0.717, 1.165) is 19.1 Å². The molecule has 2 heteroatoms. The van der Waals surface area contributed by atoms with Crippen LogP contribution in [0.25, 0.3) is 0 Å². The van der Waals surface area contributed by atoms with Crippen LogP contribution in [0.5, 0.6) is 0 Å². The zero-order chi connectivity index (χ0) is 10.7. The van der Waals surface area contributed by atoms with Crippen molar-refractivity contribution >= 4 is 0 Å². The van der Waals surface area contributed by atoms with Gasteiger partial charge in [0.1, 0.15) is 0 Å². The lowest BCUT2D eigenvalue weighted by atomic mass is 9.80. The van der Waals surface area contributed by atoms with E-state index < -0.39 is 0 Å². The number of hydrogen-bond donors (Lipinski definition) is 1. The lowest BCUT2D eigenvalue weighted by molar-refractivity contribution is -0.111. The van der Waals surface area contributed by atoms with Gasteiger partial charge in [0.25, 0.3) is 0 Å². The molecule has 0 aromatic rings. The maximum Gasteiger partial charge on any atom is 0.0697 e. The van der Waals surface area contributed by atoms with Crippen LogP contribution in [-0.4, -0.2) is 24.8 Å². The molecule has 1 aliphatic heterocycles. The molecule has 0 radical (unpaired) electrons. The second-order valence-electron chi connectivity index (χ2n) is 5.39. The predicted molar refractivity (Wildman–Crippen MR) is 63.0 cm³/mol. The van der Waals surface area contributed by atoms with Crippen molar-refractivity contribution < 1.29 is 4.74 Å². The maximum absolute atomic E-state index is 6.09. The van der Waals surface area contributed by atoms with Crippen molar-refractivity contribution in [3.63, 3.8) is 0 Å². The molecule has 2 fully saturated rings. The molecule has 2 nitrogen and oxygen atoms in total. The van der Waals surface area contributed by atoms with Gasteiger partial charge in [-0.05, 0) is 45.1 Å². The van der Waals surface area contributed by atoms with Crippen LogP contribution in [0.15, 0.2) is 0 Å². The van der Waals surface area contributed by atoms with Gasteiger partial charge >= 0.3 is 0 Å². The Morgan fingerprint density at radius 1 is 1.27 bits per heavy atom. The molecule has 0 aromatic heterocycles. The lowest BCUT2D eigenvalue weighted by Gasteiger charge is -2.42. The van der Waals surface area contributed by atoms with Gasteiger partial charge in [0.2, 0.25) is 0 Å². The average Bonchev–Trinajstić information content (AvgIpc) is 2.71. The Labute approximate surface area is 93.8 Å². The van der Waals surface area contributed by atoms with Gasteiger partial charge < -0.3 is 10.1 Å². The van der Waals surface area contributed by atoms with Crippen molar-refractivity contribution in [2.45, 2.75) is 64.0 Å². The second kappa shape index (κ2) is 4.84. The standard InChI is InChI=1S/C13H25NO/c1-3-14-12-8-9-15-13(2,10-12)11-6-4-5-7-11/h11-12,14H,3-10H2,1-2H3. The highest BCUT2D eigenvalue weighted by molar-refractivity contribution is 4.93. The third-order valence-electron chi connectivity index (χ3n) is 4.26. The van der Waals surface area contributed by atoms with Gasteiger partial charge in [-0.1, -0.05) is 19.8 Å². The predicted octanol–water partition coefficient (Wildman–Crippen LogP) is 2.72. The smallest absolute Gasteiger partial charge is 0.0697 e. The molecule has 15 heavy (non-hydrogen) atoms. The van der Waals surface area contributed by atoms with Gasteiger partial charge in [0, 0.05) is 12.6 Å². The minimum atomic E-state index is 0.168. The molecule has 2 aliphatic rings. The van der Waals surface area contributed by atoms with E-state index in [9.17, 15) is 0 Å². The molecular weight excluding hydrogens is 186 g/mol. The van der Waals surface area contributed by atoms with Crippen LogP contribution >= 0.6 is 0 Å². The molecule has 0 bridgehead atoms. The molecule has 0 amide bonds. The summed E-state index contributed by atoms with van der Waals surface area (Å²) >= 11 is 0. The van der Waals surface area contributed by atoms with E-state index in [0.29, 0.717) is 6.04 Å². The first-order valence-corrected chi connectivity index (χ1v) is 6.62. The van der Waals surface area contributed by atoms with E-state index >= 15 is 0 Å². The van der Waals surface area contributed by atoms with Crippen molar-refractivity contribution in [2.75, 3.05) is 13.2 Å². The highest BCUT2D eigenvalue weighted by atomic mass is 16.5. The van der Waals surface area contributed by atoms with Crippen molar-refractivity contribution in [1.29, 1.82) is 0 Å². The minimum absolute atomic E-state index is 0.168. The zero-order valence-electron chi connectivity index (χ0n) is 10.2. The van der Waals surface area contributed by atoms with Crippen LogP contribution in [0.3, 0.4) is 0 Å². The summed E-state index contributed by atoms with van der Waals surface area (Å²) in [7, 11) is 0. The molecule has 1 N–H and O–H groups in total. The largest absolute Gasteiger partial charge is 0.375 e. The van der Waals surface area contributed by atoms with Crippen LogP contribution < -0.4 is 5.32 Å². The molecule has 2 rings (SSSR count). The Bertz CT molecular complexity index is 199. The highest BCUT2D eigenvalue weighted by Gasteiger charge is 2.40. The first-order valence-electron chi connectivity index (χ1n) is 6.62. The third-order valence-corrected chi connectivity index (χ3v) is 4.26. The molecule has 1 heterocycles. The van der Waals surface area contributed by atoms with E-state index in [1.54, 1.807) is 0 Å². The maximum atomic E-state index is 6.09. The quantitative estimate of drug-likeness (QED) is 0.775. The first-order chi connectivity index (χ1) is 7.24. The second-order valence-corrected chi connectivity index (χ2v) is 5.39. The Morgan fingerprint density at radius 3 is 2.67 bits per heavy atom. The van der Waals surface area contributed by atoms with Crippen LogP contribution in [0.4, 0.5) is 0 Å². The van der Waals surface area contributed by atoms with Gasteiger partial charge in [-0.2, -0.15) is 0 Å². The summed E-state index contributed by atoms with van der Waals surface area (Å²) in [6.07, 6.45) is 8.00. The summed E-state index contributed by atoms with van der Waals surface area (Å²) < 4.78 is 6.09. The molecule has 1 saturated carbocycles. The Kier molecular flexibility index (Phi) is 3.68. The van der Waals surface area contributed by atoms with Crippen LogP contribution in [-0.2, 0) is 4.74 Å². The van der Waals surface area contributed by atoms with E-state index in [-0.39, 0.29) is 5.60 Å². The Morgan fingerprint density at radius 2 is 2.00 bits per heavy atom. The fourth-order valence-electron chi connectivity index (χ4n) is 3.37. The minimum Gasteiger partial charge on any atom is -0.375 e. The van der Waals surface area contributed by atoms with Crippen LogP contribution in [0.1, 0.15) is 52.4 Å².